The number of aryl methyl sites for hydroxylation is 1. The molecule has 3 aromatic carbocycles. The Labute approximate surface area is 156 Å². The Morgan fingerprint density at radius 3 is 2.59 bits per heavy atom. The minimum absolute atomic E-state index is 0.191. The first-order valence-electron chi connectivity index (χ1n) is 8.81. The summed E-state index contributed by atoms with van der Waals surface area (Å²) in [6.45, 7) is 3.05. The molecule has 0 atom stereocenters. The van der Waals surface area contributed by atoms with Crippen LogP contribution in [0, 0.1) is 0 Å². The summed E-state index contributed by atoms with van der Waals surface area (Å²) in [5, 5.41) is 15.9. The fourth-order valence-corrected chi connectivity index (χ4v) is 3.44. The monoisotopic (exact) mass is 357 g/mol. The number of carboxylic acids is 1. The molecule has 134 valence electrons. The smallest absolute Gasteiger partial charge is 0.337 e. The molecular formula is C22H19N3O2. The Balaban J connectivity index is 1.68. The number of rotatable bonds is 5. The number of hydrazone groups is 1. The average Bonchev–Trinajstić information content (AvgIpc) is 3.01. The third-order valence-corrected chi connectivity index (χ3v) is 4.67. The Hall–Kier alpha value is -3.60. The lowest BCUT2D eigenvalue weighted by Gasteiger charge is -2.04. The van der Waals surface area contributed by atoms with Crippen LogP contribution in [0.3, 0.4) is 0 Å². The van der Waals surface area contributed by atoms with E-state index in [1.807, 2.05) is 12.1 Å². The maximum atomic E-state index is 11.3. The predicted octanol–water partition coefficient (Wildman–Crippen LogP) is 4.96. The van der Waals surface area contributed by atoms with Crippen molar-refractivity contribution in [3.63, 3.8) is 0 Å². The SMILES string of the molecule is CCn1c2ccccc2c2cc(/C=N/Nc3ccccc3C(=O)O)ccc21. The van der Waals surface area contributed by atoms with Gasteiger partial charge in [0.1, 0.15) is 0 Å². The number of carbonyl (C=O) groups is 1. The molecule has 0 spiro atoms. The quantitative estimate of drug-likeness (QED) is 0.392. The molecule has 1 aromatic heterocycles. The topological polar surface area (TPSA) is 66.6 Å². The van der Waals surface area contributed by atoms with Crippen molar-refractivity contribution < 1.29 is 9.90 Å². The van der Waals surface area contributed by atoms with E-state index in [1.54, 1.807) is 30.5 Å². The van der Waals surface area contributed by atoms with Crippen LogP contribution in [0.15, 0.2) is 71.8 Å². The van der Waals surface area contributed by atoms with Gasteiger partial charge in [-0.05, 0) is 42.8 Å². The molecule has 5 heteroatoms. The molecule has 2 N–H and O–H groups in total. The molecule has 0 amide bonds. The summed E-state index contributed by atoms with van der Waals surface area (Å²) in [6, 6.07) is 21.3. The maximum Gasteiger partial charge on any atom is 0.337 e. The van der Waals surface area contributed by atoms with Gasteiger partial charge in [-0.15, -0.1) is 0 Å². The van der Waals surface area contributed by atoms with E-state index in [0.29, 0.717) is 5.69 Å². The number of nitrogens with zero attached hydrogens (tertiary/aromatic N) is 2. The Morgan fingerprint density at radius 1 is 1.04 bits per heavy atom. The molecule has 4 rings (SSSR count). The molecule has 4 aromatic rings. The first-order valence-corrected chi connectivity index (χ1v) is 8.81. The van der Waals surface area contributed by atoms with E-state index in [-0.39, 0.29) is 5.56 Å². The summed E-state index contributed by atoms with van der Waals surface area (Å²) < 4.78 is 2.30. The molecule has 0 aliphatic carbocycles. The van der Waals surface area contributed by atoms with Gasteiger partial charge in [-0.25, -0.2) is 4.79 Å². The Bertz CT molecular complexity index is 1170. The molecule has 5 nitrogen and oxygen atoms in total. The van der Waals surface area contributed by atoms with Crippen molar-refractivity contribution in [1.29, 1.82) is 0 Å². The van der Waals surface area contributed by atoms with E-state index in [2.05, 4.69) is 52.3 Å². The zero-order valence-corrected chi connectivity index (χ0v) is 14.9. The third-order valence-electron chi connectivity index (χ3n) is 4.67. The minimum atomic E-state index is -0.984. The van der Waals surface area contributed by atoms with Crippen LogP contribution in [-0.2, 0) is 6.54 Å². The minimum Gasteiger partial charge on any atom is -0.478 e. The van der Waals surface area contributed by atoms with Crippen LogP contribution in [0.2, 0.25) is 0 Å². The van der Waals surface area contributed by atoms with E-state index < -0.39 is 5.97 Å². The zero-order chi connectivity index (χ0) is 18.8. The fourth-order valence-electron chi connectivity index (χ4n) is 3.44. The van der Waals surface area contributed by atoms with Gasteiger partial charge in [-0.3, -0.25) is 5.43 Å². The van der Waals surface area contributed by atoms with E-state index in [1.165, 1.54) is 21.8 Å². The van der Waals surface area contributed by atoms with Gasteiger partial charge in [0.15, 0.2) is 0 Å². The van der Waals surface area contributed by atoms with Crippen LogP contribution in [0.1, 0.15) is 22.8 Å². The van der Waals surface area contributed by atoms with Crippen molar-refractivity contribution in [3.8, 4) is 0 Å². The van der Waals surface area contributed by atoms with Gasteiger partial charge in [0, 0.05) is 28.4 Å². The van der Waals surface area contributed by atoms with Crippen molar-refractivity contribution in [2.75, 3.05) is 5.43 Å². The molecular weight excluding hydrogens is 338 g/mol. The highest BCUT2D eigenvalue weighted by atomic mass is 16.4. The van der Waals surface area contributed by atoms with Gasteiger partial charge in [0.2, 0.25) is 0 Å². The van der Waals surface area contributed by atoms with Crippen molar-refractivity contribution >= 4 is 39.7 Å². The van der Waals surface area contributed by atoms with Crippen LogP contribution in [-0.4, -0.2) is 21.9 Å². The lowest BCUT2D eigenvalue weighted by Crippen LogP contribution is -2.02. The summed E-state index contributed by atoms with van der Waals surface area (Å²) in [5.74, 6) is -0.984. The van der Waals surface area contributed by atoms with Crippen molar-refractivity contribution in [2.24, 2.45) is 5.10 Å². The van der Waals surface area contributed by atoms with Gasteiger partial charge < -0.3 is 9.67 Å². The van der Waals surface area contributed by atoms with E-state index in [0.717, 1.165) is 12.1 Å². The fraction of sp³-hybridized carbons (Fsp3) is 0.0909. The van der Waals surface area contributed by atoms with Crippen LogP contribution >= 0.6 is 0 Å². The zero-order valence-electron chi connectivity index (χ0n) is 14.9. The molecule has 0 unspecified atom stereocenters. The molecule has 0 bridgehead atoms. The Morgan fingerprint density at radius 2 is 1.78 bits per heavy atom. The molecule has 0 fully saturated rings. The number of hydrogen-bond acceptors (Lipinski definition) is 3. The summed E-state index contributed by atoms with van der Waals surface area (Å²) in [6.07, 6.45) is 1.70. The van der Waals surface area contributed by atoms with Gasteiger partial charge in [-0.1, -0.05) is 36.4 Å². The van der Waals surface area contributed by atoms with Crippen molar-refractivity contribution in [1.82, 2.24) is 4.57 Å². The first kappa shape index (κ1) is 16.8. The summed E-state index contributed by atoms with van der Waals surface area (Å²) in [7, 11) is 0. The largest absolute Gasteiger partial charge is 0.478 e. The standard InChI is InChI=1S/C22H19N3O2/c1-2-25-20-10-6-4-7-16(20)18-13-15(11-12-21(18)25)14-23-24-19-9-5-3-8-17(19)22(26)27/h3-14,24H,2H2,1H3,(H,26,27)/b23-14+. The number of benzene rings is 3. The molecule has 0 aliphatic rings. The second-order valence-corrected chi connectivity index (χ2v) is 6.26. The number of nitrogens with one attached hydrogen (secondary N) is 1. The van der Waals surface area contributed by atoms with Gasteiger partial charge in [0.25, 0.3) is 0 Å². The molecule has 1 heterocycles. The number of carboxylic acid groups (broad SMARTS) is 1. The number of anilines is 1. The third kappa shape index (κ3) is 3.04. The lowest BCUT2D eigenvalue weighted by molar-refractivity contribution is 0.0698. The van der Waals surface area contributed by atoms with Crippen LogP contribution in [0.4, 0.5) is 5.69 Å². The van der Waals surface area contributed by atoms with E-state index >= 15 is 0 Å². The first-order chi connectivity index (χ1) is 13.2. The molecule has 0 radical (unpaired) electrons. The normalized spacial score (nSPS) is 11.4. The van der Waals surface area contributed by atoms with Crippen LogP contribution in [0.5, 0.6) is 0 Å². The summed E-state index contributed by atoms with van der Waals surface area (Å²) in [5.41, 5.74) is 6.84. The number of aromatic nitrogens is 1. The highest BCUT2D eigenvalue weighted by Gasteiger charge is 2.10. The van der Waals surface area contributed by atoms with Crippen LogP contribution in [0.25, 0.3) is 21.8 Å². The predicted molar refractivity (Wildman–Crippen MR) is 110 cm³/mol. The molecule has 27 heavy (non-hydrogen) atoms. The van der Waals surface area contributed by atoms with Crippen molar-refractivity contribution in [3.05, 3.63) is 77.9 Å². The molecule has 0 aliphatic heterocycles. The van der Waals surface area contributed by atoms with E-state index in [4.69, 9.17) is 0 Å². The molecule has 0 saturated carbocycles. The average molecular weight is 357 g/mol. The Kier molecular flexibility index (Phi) is 4.34. The summed E-state index contributed by atoms with van der Waals surface area (Å²) >= 11 is 0. The lowest BCUT2D eigenvalue weighted by atomic mass is 10.1. The second-order valence-electron chi connectivity index (χ2n) is 6.26. The summed E-state index contributed by atoms with van der Waals surface area (Å²) in [4.78, 5) is 11.3. The number of para-hydroxylation sites is 2. The van der Waals surface area contributed by atoms with Gasteiger partial charge in [0.05, 0.1) is 17.5 Å². The van der Waals surface area contributed by atoms with Gasteiger partial charge in [-0.2, -0.15) is 5.10 Å². The maximum absolute atomic E-state index is 11.3. The van der Waals surface area contributed by atoms with Crippen molar-refractivity contribution in [2.45, 2.75) is 13.5 Å². The van der Waals surface area contributed by atoms with E-state index in [9.17, 15) is 9.90 Å². The van der Waals surface area contributed by atoms with Crippen LogP contribution < -0.4 is 5.43 Å². The highest BCUT2D eigenvalue weighted by molar-refractivity contribution is 6.09. The number of hydrogen-bond donors (Lipinski definition) is 2. The number of aromatic carboxylic acids is 1. The molecule has 0 saturated heterocycles. The number of fused-ring (bicyclic) bond motifs is 3. The second kappa shape index (κ2) is 6.96. The van der Waals surface area contributed by atoms with Gasteiger partial charge >= 0.3 is 5.97 Å². The highest BCUT2D eigenvalue weighted by Crippen LogP contribution is 2.29.